The van der Waals surface area contributed by atoms with Crippen LogP contribution in [0, 0.1) is 0 Å². The molecule has 42 heavy (non-hydrogen) atoms. The largest absolute Gasteiger partial charge is 0.478 e. The molecule has 2 aliphatic heterocycles. The fraction of sp³-hybridized carbons (Fsp3) is 0.333. The van der Waals surface area contributed by atoms with Crippen molar-refractivity contribution in [2.24, 2.45) is 0 Å². The average Bonchev–Trinajstić information content (AvgIpc) is 3.29. The van der Waals surface area contributed by atoms with E-state index >= 15 is 0 Å². The molecule has 1 saturated heterocycles. The molecule has 5 nitrogen and oxygen atoms in total. The predicted molar refractivity (Wildman–Crippen MR) is 168 cm³/mol. The monoisotopic (exact) mass is 582 g/mol. The third-order valence-corrected chi connectivity index (χ3v) is 8.98. The molecule has 2 aliphatic rings. The molecule has 0 bridgehead atoms. The van der Waals surface area contributed by atoms with Gasteiger partial charge in [-0.1, -0.05) is 97.2 Å². The van der Waals surface area contributed by atoms with E-state index in [0.717, 1.165) is 43.4 Å². The lowest BCUT2D eigenvalue weighted by molar-refractivity contribution is -0.133. The van der Waals surface area contributed by atoms with E-state index in [9.17, 15) is 14.7 Å². The molecule has 1 N–H and O–H groups in total. The Bertz CT molecular complexity index is 1430. The zero-order valence-electron chi connectivity index (χ0n) is 24.4. The summed E-state index contributed by atoms with van der Waals surface area (Å²) in [5.41, 5.74) is 5.40. The molecule has 1 unspecified atom stereocenters. The molecular weight excluding hydrogens is 544 g/mol. The topological polar surface area (TPSA) is 60.9 Å². The number of carbonyl (C=O) groups excluding carboxylic acids is 1. The summed E-state index contributed by atoms with van der Waals surface area (Å²) in [6.07, 6.45) is 4.87. The maximum atomic E-state index is 14.4. The molecular formula is C36H39ClN2O3. The Kier molecular flexibility index (Phi) is 9.48. The van der Waals surface area contributed by atoms with Crippen molar-refractivity contribution in [3.05, 3.63) is 129 Å². The lowest BCUT2D eigenvalue weighted by Gasteiger charge is -2.40. The van der Waals surface area contributed by atoms with E-state index in [1.165, 1.54) is 11.1 Å². The number of halogens is 1. The molecule has 0 spiro atoms. The number of hydrogen-bond acceptors (Lipinski definition) is 3. The first-order chi connectivity index (χ1) is 20.4. The maximum Gasteiger partial charge on any atom is 0.334 e. The SMILES string of the molecule is CC1=C(C(=O)O)C(c2cccc(Cl)c2)C(C(=O)N2CCCCCC2)=C(C)N1CCC(c1ccccc1)c1ccccc1. The quantitative estimate of drug-likeness (QED) is 0.292. The van der Waals surface area contributed by atoms with Gasteiger partial charge in [-0.15, -0.1) is 0 Å². The summed E-state index contributed by atoms with van der Waals surface area (Å²) in [5.74, 6) is -1.67. The van der Waals surface area contributed by atoms with Crippen molar-refractivity contribution in [1.82, 2.24) is 9.80 Å². The van der Waals surface area contributed by atoms with Crippen molar-refractivity contribution in [2.45, 2.75) is 57.8 Å². The second-order valence-corrected chi connectivity index (χ2v) is 11.7. The van der Waals surface area contributed by atoms with Crippen LogP contribution in [0.3, 0.4) is 0 Å². The second-order valence-electron chi connectivity index (χ2n) is 11.3. The van der Waals surface area contributed by atoms with Crippen LogP contribution in [-0.4, -0.2) is 46.4 Å². The van der Waals surface area contributed by atoms with Crippen molar-refractivity contribution < 1.29 is 14.7 Å². The first-order valence-corrected chi connectivity index (χ1v) is 15.3. The predicted octanol–water partition coefficient (Wildman–Crippen LogP) is 8.00. The van der Waals surface area contributed by atoms with Gasteiger partial charge in [0.15, 0.2) is 0 Å². The normalized spacial score (nSPS) is 18.0. The van der Waals surface area contributed by atoms with Gasteiger partial charge in [-0.05, 0) is 61.9 Å². The van der Waals surface area contributed by atoms with Crippen LogP contribution in [0.25, 0.3) is 0 Å². The van der Waals surface area contributed by atoms with Crippen LogP contribution in [0.15, 0.2) is 107 Å². The minimum atomic E-state index is -1.01. The minimum Gasteiger partial charge on any atom is -0.478 e. The summed E-state index contributed by atoms with van der Waals surface area (Å²) in [5, 5.41) is 11.2. The molecule has 3 aromatic rings. The first kappa shape index (κ1) is 29.7. The number of aliphatic carboxylic acids is 1. The highest BCUT2D eigenvalue weighted by molar-refractivity contribution is 6.30. The van der Waals surface area contributed by atoms with Crippen molar-refractivity contribution in [2.75, 3.05) is 19.6 Å². The number of carboxylic acid groups (broad SMARTS) is 1. The van der Waals surface area contributed by atoms with Crippen molar-refractivity contribution in [1.29, 1.82) is 0 Å². The summed E-state index contributed by atoms with van der Waals surface area (Å²) in [6, 6.07) is 28.1. The molecule has 1 atom stereocenters. The average molecular weight is 583 g/mol. The molecule has 6 heteroatoms. The Hall–Kier alpha value is -3.83. The Labute approximate surface area is 254 Å². The molecule has 0 saturated carbocycles. The summed E-state index contributed by atoms with van der Waals surface area (Å²) in [7, 11) is 0. The van der Waals surface area contributed by atoms with E-state index in [2.05, 4.69) is 53.4 Å². The number of amides is 1. The highest BCUT2D eigenvalue weighted by Gasteiger charge is 2.40. The number of benzene rings is 3. The molecule has 2 heterocycles. The highest BCUT2D eigenvalue weighted by atomic mass is 35.5. The van der Waals surface area contributed by atoms with Gasteiger partial charge in [-0.2, -0.15) is 0 Å². The molecule has 5 rings (SSSR count). The van der Waals surface area contributed by atoms with Gasteiger partial charge in [-0.3, -0.25) is 4.79 Å². The maximum absolute atomic E-state index is 14.4. The standard InChI is InChI=1S/C36H39ClN2O3/c1-25-32(35(40)38-21-11-3-4-12-22-38)34(29-18-13-19-30(37)24-29)33(36(41)42)26(2)39(25)23-20-31(27-14-7-5-8-15-27)28-16-9-6-10-17-28/h5-10,13-19,24,31,34H,3-4,11-12,20-23H2,1-2H3,(H,41,42). The summed E-state index contributed by atoms with van der Waals surface area (Å²) in [6.45, 7) is 5.80. The summed E-state index contributed by atoms with van der Waals surface area (Å²) < 4.78 is 0. The number of carboxylic acids is 1. The lowest BCUT2D eigenvalue weighted by atomic mass is 9.79. The second kappa shape index (κ2) is 13.4. The number of rotatable bonds is 8. The van der Waals surface area contributed by atoms with E-state index in [0.29, 0.717) is 35.9 Å². The summed E-state index contributed by atoms with van der Waals surface area (Å²) >= 11 is 6.41. The minimum absolute atomic E-state index is 0.0710. The number of allylic oxidation sites excluding steroid dienone is 2. The number of likely N-dealkylation sites (tertiary alicyclic amines) is 1. The van der Waals surface area contributed by atoms with Gasteiger partial charge in [0, 0.05) is 47.5 Å². The van der Waals surface area contributed by atoms with Gasteiger partial charge in [0.1, 0.15) is 0 Å². The Morgan fingerprint density at radius 3 is 1.93 bits per heavy atom. The van der Waals surface area contributed by atoms with E-state index in [4.69, 9.17) is 11.6 Å². The Morgan fingerprint density at radius 2 is 1.38 bits per heavy atom. The molecule has 218 valence electrons. The van der Waals surface area contributed by atoms with Crippen molar-refractivity contribution >= 4 is 23.5 Å². The fourth-order valence-electron chi connectivity index (χ4n) is 6.61. The third kappa shape index (κ3) is 6.32. The zero-order chi connectivity index (χ0) is 29.6. The molecule has 0 radical (unpaired) electrons. The number of nitrogens with zero attached hydrogens (tertiary/aromatic N) is 2. The molecule has 1 fully saturated rings. The number of carbonyl (C=O) groups is 2. The molecule has 1 amide bonds. The first-order valence-electron chi connectivity index (χ1n) is 14.9. The van der Waals surface area contributed by atoms with Gasteiger partial charge >= 0.3 is 5.97 Å². The van der Waals surface area contributed by atoms with Crippen LogP contribution < -0.4 is 0 Å². The zero-order valence-corrected chi connectivity index (χ0v) is 25.2. The Morgan fingerprint density at radius 1 is 0.810 bits per heavy atom. The van der Waals surface area contributed by atoms with Crippen LogP contribution in [0.2, 0.25) is 5.02 Å². The van der Waals surface area contributed by atoms with Crippen LogP contribution in [0.4, 0.5) is 0 Å². The number of hydrogen-bond donors (Lipinski definition) is 1. The summed E-state index contributed by atoms with van der Waals surface area (Å²) in [4.78, 5) is 31.4. The highest BCUT2D eigenvalue weighted by Crippen LogP contribution is 2.44. The molecule has 0 aliphatic carbocycles. The van der Waals surface area contributed by atoms with Crippen molar-refractivity contribution in [3.63, 3.8) is 0 Å². The fourth-order valence-corrected chi connectivity index (χ4v) is 6.81. The van der Waals surface area contributed by atoms with Crippen LogP contribution in [0.5, 0.6) is 0 Å². The smallest absolute Gasteiger partial charge is 0.334 e. The lowest BCUT2D eigenvalue weighted by Crippen LogP contribution is -2.41. The van der Waals surface area contributed by atoms with Gasteiger partial charge in [-0.25, -0.2) is 4.79 Å². The van der Waals surface area contributed by atoms with E-state index < -0.39 is 11.9 Å². The molecule has 3 aromatic carbocycles. The van der Waals surface area contributed by atoms with E-state index in [1.54, 1.807) is 12.1 Å². The van der Waals surface area contributed by atoms with Gasteiger partial charge in [0.05, 0.1) is 11.5 Å². The van der Waals surface area contributed by atoms with Gasteiger partial charge in [0.25, 0.3) is 5.91 Å². The third-order valence-electron chi connectivity index (χ3n) is 8.75. The Balaban J connectivity index is 1.59. The van der Waals surface area contributed by atoms with E-state index in [-0.39, 0.29) is 17.4 Å². The van der Waals surface area contributed by atoms with E-state index in [1.807, 2.05) is 43.0 Å². The van der Waals surface area contributed by atoms with Crippen molar-refractivity contribution in [3.8, 4) is 0 Å². The van der Waals surface area contributed by atoms with Gasteiger partial charge < -0.3 is 14.9 Å². The molecule has 0 aromatic heterocycles. The van der Waals surface area contributed by atoms with Gasteiger partial charge in [0.2, 0.25) is 0 Å². The van der Waals surface area contributed by atoms with Crippen LogP contribution in [-0.2, 0) is 9.59 Å². The van der Waals surface area contributed by atoms with Crippen LogP contribution >= 0.6 is 11.6 Å². The van der Waals surface area contributed by atoms with Crippen LogP contribution in [0.1, 0.15) is 74.5 Å².